The molecule has 0 spiro atoms. The van der Waals surface area contributed by atoms with E-state index in [0.29, 0.717) is 32.1 Å². The number of carboxylic acids is 1. The third-order valence-electron chi connectivity index (χ3n) is 6.01. The zero-order valence-corrected chi connectivity index (χ0v) is 18.6. The predicted octanol–water partition coefficient (Wildman–Crippen LogP) is 5.69. The second-order valence-corrected chi connectivity index (χ2v) is 9.53. The molecule has 0 heterocycles. The number of benzene rings is 2. The van der Waals surface area contributed by atoms with E-state index < -0.39 is 13.8 Å². The monoisotopic (exact) mass is 446 g/mol. The topological polar surface area (TPSA) is 93.1 Å². The van der Waals surface area contributed by atoms with Gasteiger partial charge >= 0.3 is 13.8 Å². The molecule has 1 fully saturated rings. The molecule has 2 aromatic carbocycles. The zero-order chi connectivity index (χ0) is 22.2. The van der Waals surface area contributed by atoms with E-state index in [9.17, 15) is 14.3 Å². The second-order valence-electron chi connectivity index (χ2n) is 8.13. The molecule has 1 unspecified atom stereocenters. The van der Waals surface area contributed by atoms with Crippen LogP contribution >= 0.6 is 7.82 Å². The summed E-state index contributed by atoms with van der Waals surface area (Å²) in [6.07, 6.45) is 4.42. The van der Waals surface area contributed by atoms with Gasteiger partial charge in [0.15, 0.2) is 0 Å². The van der Waals surface area contributed by atoms with E-state index in [2.05, 4.69) is 48.5 Å². The van der Waals surface area contributed by atoms with E-state index >= 15 is 0 Å². The zero-order valence-electron chi connectivity index (χ0n) is 17.7. The highest BCUT2D eigenvalue weighted by Crippen LogP contribution is 2.51. The van der Waals surface area contributed by atoms with Gasteiger partial charge in [-0.05, 0) is 49.7 Å². The van der Waals surface area contributed by atoms with E-state index in [-0.39, 0.29) is 24.5 Å². The van der Waals surface area contributed by atoms with Crippen LogP contribution in [0.2, 0.25) is 0 Å². The molecule has 1 saturated carbocycles. The number of hydrogen-bond acceptors (Lipinski definition) is 4. The minimum Gasteiger partial charge on any atom is -0.481 e. The molecule has 2 aromatic rings. The van der Waals surface area contributed by atoms with Gasteiger partial charge in [0.1, 0.15) is 0 Å². The van der Waals surface area contributed by atoms with Gasteiger partial charge < -0.3 is 10.00 Å². The molecule has 0 aliphatic heterocycles. The van der Waals surface area contributed by atoms with Crippen LogP contribution in [0, 0.1) is 0 Å². The summed E-state index contributed by atoms with van der Waals surface area (Å²) in [5.41, 5.74) is 2.38. The van der Waals surface area contributed by atoms with Crippen molar-refractivity contribution in [3.63, 3.8) is 0 Å². The van der Waals surface area contributed by atoms with Crippen molar-refractivity contribution in [2.24, 2.45) is 0 Å². The lowest BCUT2D eigenvalue weighted by Gasteiger charge is -2.41. The van der Waals surface area contributed by atoms with Crippen LogP contribution < -0.4 is 0 Å². The molecule has 0 amide bonds. The van der Waals surface area contributed by atoms with Gasteiger partial charge in [0.05, 0.1) is 12.7 Å². The maximum absolute atomic E-state index is 12.3. The number of unbranched alkanes of at least 4 members (excludes halogenated alkanes) is 2. The third-order valence-corrected chi connectivity index (χ3v) is 7.08. The van der Waals surface area contributed by atoms with Crippen molar-refractivity contribution in [1.82, 2.24) is 0 Å². The lowest BCUT2D eigenvalue weighted by atomic mass is 9.65. The Morgan fingerprint density at radius 3 is 2.00 bits per heavy atom. The Morgan fingerprint density at radius 1 is 0.935 bits per heavy atom. The van der Waals surface area contributed by atoms with Gasteiger partial charge in [0, 0.05) is 11.8 Å². The van der Waals surface area contributed by atoms with Gasteiger partial charge in [-0.3, -0.25) is 13.8 Å². The number of phosphoric ester groups is 1. The fraction of sp³-hybridized carbons (Fsp3) is 0.458. The van der Waals surface area contributed by atoms with Crippen LogP contribution in [0.3, 0.4) is 0 Å². The first kappa shape index (κ1) is 23.7. The number of rotatable bonds is 11. The van der Waals surface area contributed by atoms with E-state index in [1.807, 2.05) is 12.1 Å². The van der Waals surface area contributed by atoms with Gasteiger partial charge in [0.25, 0.3) is 0 Å². The molecule has 0 aromatic heterocycles. The Balaban J connectivity index is 1.55. The molecule has 31 heavy (non-hydrogen) atoms. The summed E-state index contributed by atoms with van der Waals surface area (Å²) >= 11 is 0. The van der Waals surface area contributed by atoms with Crippen molar-refractivity contribution in [1.29, 1.82) is 0 Å². The highest BCUT2D eigenvalue weighted by molar-refractivity contribution is 7.47. The Labute approximate surface area is 183 Å². The standard InChI is InChI=1S/C24H31O6P/c25-23(26)14-8-3-9-19-29-31(27,28)30-22-15-17-24(18-16-22,20-10-4-1-5-11-20)21-12-6-2-7-13-21/h1-2,4-7,10-13,22H,3,8-9,14-19H2,(H,25,26)(H,27,28). The summed E-state index contributed by atoms with van der Waals surface area (Å²) in [6.45, 7) is 0.0814. The van der Waals surface area contributed by atoms with Crippen LogP contribution in [0.15, 0.2) is 60.7 Å². The van der Waals surface area contributed by atoms with Gasteiger partial charge in [-0.2, -0.15) is 0 Å². The van der Waals surface area contributed by atoms with Crippen LogP contribution in [0.4, 0.5) is 0 Å². The highest BCUT2D eigenvalue weighted by atomic mass is 31.2. The lowest BCUT2D eigenvalue weighted by Crippen LogP contribution is -2.35. The maximum Gasteiger partial charge on any atom is 0.472 e. The molecule has 1 aliphatic rings. The average molecular weight is 446 g/mol. The third kappa shape index (κ3) is 6.75. The minimum absolute atomic E-state index is 0.0814. The lowest BCUT2D eigenvalue weighted by molar-refractivity contribution is -0.137. The Hall–Kier alpha value is -1.98. The largest absolute Gasteiger partial charge is 0.481 e. The molecule has 0 radical (unpaired) electrons. The second kappa shape index (κ2) is 11.1. The van der Waals surface area contributed by atoms with Crippen molar-refractivity contribution in [3.05, 3.63) is 71.8 Å². The van der Waals surface area contributed by atoms with E-state index in [4.69, 9.17) is 14.2 Å². The Kier molecular flexibility index (Phi) is 8.44. The quantitative estimate of drug-likeness (QED) is 0.340. The smallest absolute Gasteiger partial charge is 0.472 e. The van der Waals surface area contributed by atoms with Gasteiger partial charge in [0.2, 0.25) is 0 Å². The molecule has 1 atom stereocenters. The maximum atomic E-state index is 12.3. The van der Waals surface area contributed by atoms with Gasteiger partial charge in [-0.15, -0.1) is 0 Å². The number of carboxylic acid groups (broad SMARTS) is 1. The fourth-order valence-electron chi connectivity index (χ4n) is 4.40. The molecule has 0 bridgehead atoms. The molecular formula is C24H31O6P. The predicted molar refractivity (Wildman–Crippen MR) is 119 cm³/mol. The highest BCUT2D eigenvalue weighted by Gasteiger charge is 2.40. The van der Waals surface area contributed by atoms with Crippen molar-refractivity contribution in [2.45, 2.75) is 62.9 Å². The number of aliphatic carboxylic acids is 1. The molecule has 0 saturated heterocycles. The normalized spacial score (nSPS) is 18.4. The summed E-state index contributed by atoms with van der Waals surface area (Å²) in [4.78, 5) is 20.6. The molecule has 3 rings (SSSR count). The number of phosphoric acid groups is 1. The molecule has 6 nitrogen and oxygen atoms in total. The summed E-state index contributed by atoms with van der Waals surface area (Å²) < 4.78 is 22.9. The fourth-order valence-corrected chi connectivity index (χ4v) is 5.41. The van der Waals surface area contributed by atoms with Crippen molar-refractivity contribution in [3.8, 4) is 0 Å². The molecule has 1 aliphatic carbocycles. The first-order chi connectivity index (χ1) is 14.9. The first-order valence-corrected chi connectivity index (χ1v) is 12.4. The van der Waals surface area contributed by atoms with E-state index in [1.54, 1.807) is 0 Å². The summed E-state index contributed by atoms with van der Waals surface area (Å²) in [5.74, 6) is -0.837. The summed E-state index contributed by atoms with van der Waals surface area (Å²) in [5, 5.41) is 8.63. The van der Waals surface area contributed by atoms with Crippen molar-refractivity contribution >= 4 is 13.8 Å². The number of hydrogen-bond donors (Lipinski definition) is 2. The summed E-state index contributed by atoms with van der Waals surface area (Å²) in [6, 6.07) is 20.8. The van der Waals surface area contributed by atoms with Crippen LogP contribution in [-0.4, -0.2) is 28.7 Å². The van der Waals surface area contributed by atoms with Gasteiger partial charge in [-0.25, -0.2) is 4.57 Å². The van der Waals surface area contributed by atoms with Crippen molar-refractivity contribution < 1.29 is 28.4 Å². The SMILES string of the molecule is O=C(O)CCCCCOP(=O)(O)OC1CCC(c2ccccc2)(c2ccccc2)CC1. The average Bonchev–Trinajstić information content (AvgIpc) is 2.77. The van der Waals surface area contributed by atoms with Crippen LogP contribution in [0.1, 0.15) is 62.5 Å². The molecule has 168 valence electrons. The minimum atomic E-state index is -4.13. The Bertz CT molecular complexity index is 821. The molecule has 7 heteroatoms. The summed E-state index contributed by atoms with van der Waals surface area (Å²) in [7, 11) is -4.13. The number of carbonyl (C=O) groups is 1. The van der Waals surface area contributed by atoms with Crippen LogP contribution in [0.5, 0.6) is 0 Å². The van der Waals surface area contributed by atoms with E-state index in [1.165, 1.54) is 11.1 Å². The van der Waals surface area contributed by atoms with E-state index in [0.717, 1.165) is 12.8 Å². The van der Waals surface area contributed by atoms with Crippen LogP contribution in [-0.2, 0) is 23.8 Å². The van der Waals surface area contributed by atoms with Crippen LogP contribution in [0.25, 0.3) is 0 Å². The van der Waals surface area contributed by atoms with Crippen molar-refractivity contribution in [2.75, 3.05) is 6.61 Å². The molecular weight excluding hydrogens is 415 g/mol. The van der Waals surface area contributed by atoms with Gasteiger partial charge in [-0.1, -0.05) is 67.1 Å². The Morgan fingerprint density at radius 2 is 1.48 bits per heavy atom. The first-order valence-electron chi connectivity index (χ1n) is 10.9. The molecule has 2 N–H and O–H groups in total.